The molecule has 0 unspecified atom stereocenters. The number of para-hydroxylation sites is 1. The summed E-state index contributed by atoms with van der Waals surface area (Å²) in [5.74, 6) is -1.94. The highest BCUT2D eigenvalue weighted by Crippen LogP contribution is 2.43. The molecular formula is C30H32BrN3O6. The second kappa shape index (κ2) is 13.6. The highest BCUT2D eigenvalue weighted by Gasteiger charge is 2.40. The van der Waals surface area contributed by atoms with Crippen molar-refractivity contribution in [1.82, 2.24) is 15.1 Å². The SMILES string of the molecule is COCCOC(=O)C1=C(C)NC(C)=C(C(=O)OCCOC)C1c1cn(-c2ccccc2)nc1-c1ccc(Br)cc1. The zero-order valence-corrected chi connectivity index (χ0v) is 24.5. The van der Waals surface area contributed by atoms with Gasteiger partial charge in [-0.05, 0) is 38.1 Å². The normalized spacial score (nSPS) is 13.8. The first-order valence-electron chi connectivity index (χ1n) is 12.8. The van der Waals surface area contributed by atoms with E-state index in [1.807, 2.05) is 60.8 Å². The number of ether oxygens (including phenoxy) is 4. The van der Waals surface area contributed by atoms with Crippen molar-refractivity contribution in [3.05, 3.63) is 93.4 Å². The Hall–Kier alpha value is -3.73. The molecule has 3 aromatic rings. The van der Waals surface area contributed by atoms with Gasteiger partial charge in [0.05, 0.1) is 41.7 Å². The lowest BCUT2D eigenvalue weighted by molar-refractivity contribution is -0.141. The summed E-state index contributed by atoms with van der Waals surface area (Å²) >= 11 is 3.50. The Bertz CT molecular complexity index is 1370. The first-order valence-corrected chi connectivity index (χ1v) is 13.6. The van der Waals surface area contributed by atoms with Crippen molar-refractivity contribution in [3.63, 3.8) is 0 Å². The van der Waals surface area contributed by atoms with E-state index >= 15 is 0 Å². The molecule has 0 saturated heterocycles. The van der Waals surface area contributed by atoms with Gasteiger partial charge in [-0.2, -0.15) is 5.10 Å². The molecule has 40 heavy (non-hydrogen) atoms. The average Bonchev–Trinajstić information content (AvgIpc) is 3.39. The number of aromatic nitrogens is 2. The largest absolute Gasteiger partial charge is 0.460 e. The van der Waals surface area contributed by atoms with Crippen LogP contribution in [0.25, 0.3) is 16.9 Å². The van der Waals surface area contributed by atoms with Gasteiger partial charge in [-0.25, -0.2) is 14.3 Å². The molecule has 0 radical (unpaired) electrons. The topological polar surface area (TPSA) is 101 Å². The number of dihydropyridines is 1. The van der Waals surface area contributed by atoms with Gasteiger partial charge in [0, 0.05) is 47.4 Å². The van der Waals surface area contributed by atoms with Gasteiger partial charge >= 0.3 is 11.9 Å². The number of halogens is 1. The predicted molar refractivity (Wildman–Crippen MR) is 154 cm³/mol. The summed E-state index contributed by atoms with van der Waals surface area (Å²) in [6.45, 7) is 4.20. The Morgan fingerprint density at radius 1 is 0.850 bits per heavy atom. The van der Waals surface area contributed by atoms with Gasteiger partial charge in [-0.1, -0.05) is 46.3 Å². The number of nitrogens with one attached hydrogen (secondary N) is 1. The molecule has 2 aromatic carbocycles. The Labute approximate surface area is 241 Å². The first-order chi connectivity index (χ1) is 19.3. The highest BCUT2D eigenvalue weighted by molar-refractivity contribution is 9.10. The lowest BCUT2D eigenvalue weighted by Gasteiger charge is -2.30. The average molecular weight is 611 g/mol. The number of hydrogen-bond donors (Lipinski definition) is 1. The quantitative estimate of drug-likeness (QED) is 0.242. The number of methoxy groups -OCH3 is 2. The monoisotopic (exact) mass is 609 g/mol. The predicted octanol–water partition coefficient (Wildman–Crippen LogP) is 4.92. The third kappa shape index (κ3) is 6.52. The van der Waals surface area contributed by atoms with Crippen LogP contribution < -0.4 is 5.32 Å². The molecule has 0 spiro atoms. The number of carbonyl (C=O) groups is 2. The molecule has 10 heteroatoms. The maximum Gasteiger partial charge on any atom is 0.336 e. The molecule has 2 heterocycles. The van der Waals surface area contributed by atoms with Crippen LogP contribution in [0, 0.1) is 0 Å². The van der Waals surface area contributed by atoms with Gasteiger partial charge in [0.1, 0.15) is 13.2 Å². The van der Waals surface area contributed by atoms with E-state index in [2.05, 4.69) is 21.2 Å². The van der Waals surface area contributed by atoms with Gasteiger partial charge in [-0.3, -0.25) is 0 Å². The summed E-state index contributed by atoms with van der Waals surface area (Å²) in [5, 5.41) is 8.12. The smallest absolute Gasteiger partial charge is 0.336 e. The fourth-order valence-corrected chi connectivity index (χ4v) is 4.85. The van der Waals surface area contributed by atoms with Crippen LogP contribution in [0.2, 0.25) is 0 Å². The number of nitrogens with zero attached hydrogens (tertiary/aromatic N) is 2. The molecule has 1 N–H and O–H groups in total. The fraction of sp³-hybridized carbons (Fsp3) is 0.300. The molecule has 1 aliphatic heterocycles. The van der Waals surface area contributed by atoms with E-state index in [0.29, 0.717) is 33.8 Å². The summed E-state index contributed by atoms with van der Waals surface area (Å²) in [6.07, 6.45) is 1.86. The molecule has 1 aromatic heterocycles. The lowest BCUT2D eigenvalue weighted by Crippen LogP contribution is -2.33. The molecular weight excluding hydrogens is 578 g/mol. The van der Waals surface area contributed by atoms with Gasteiger partial charge in [-0.15, -0.1) is 0 Å². The fourth-order valence-electron chi connectivity index (χ4n) is 4.58. The maximum atomic E-state index is 13.6. The summed E-state index contributed by atoms with van der Waals surface area (Å²) in [5.41, 5.74) is 4.67. The zero-order chi connectivity index (χ0) is 28.6. The summed E-state index contributed by atoms with van der Waals surface area (Å²) in [7, 11) is 3.07. The Balaban J connectivity index is 1.92. The van der Waals surface area contributed by atoms with E-state index in [-0.39, 0.29) is 26.4 Å². The Morgan fingerprint density at radius 3 is 1.93 bits per heavy atom. The number of benzene rings is 2. The first kappa shape index (κ1) is 29.3. The molecule has 0 atom stereocenters. The summed E-state index contributed by atoms with van der Waals surface area (Å²) in [6, 6.07) is 17.4. The van der Waals surface area contributed by atoms with E-state index < -0.39 is 17.9 Å². The number of carbonyl (C=O) groups excluding carboxylic acids is 2. The van der Waals surface area contributed by atoms with E-state index in [1.54, 1.807) is 18.5 Å². The molecule has 4 rings (SSSR count). The molecule has 210 valence electrons. The Kier molecular flexibility index (Phi) is 9.92. The lowest BCUT2D eigenvalue weighted by atomic mass is 9.79. The third-order valence-corrected chi connectivity index (χ3v) is 6.96. The van der Waals surface area contributed by atoms with Crippen LogP contribution in [0.1, 0.15) is 25.3 Å². The second-order valence-corrected chi connectivity index (χ2v) is 10.0. The van der Waals surface area contributed by atoms with Crippen molar-refractivity contribution in [2.75, 3.05) is 40.6 Å². The second-order valence-electron chi connectivity index (χ2n) is 9.11. The number of esters is 2. The van der Waals surface area contributed by atoms with Crippen LogP contribution in [0.5, 0.6) is 0 Å². The minimum atomic E-state index is -0.817. The molecule has 0 amide bonds. The van der Waals surface area contributed by atoms with Crippen molar-refractivity contribution < 1.29 is 28.5 Å². The molecule has 0 fully saturated rings. The van der Waals surface area contributed by atoms with E-state index in [9.17, 15) is 9.59 Å². The van der Waals surface area contributed by atoms with Crippen LogP contribution in [0.4, 0.5) is 0 Å². The van der Waals surface area contributed by atoms with Gasteiger partial charge in [0.15, 0.2) is 0 Å². The van der Waals surface area contributed by atoms with Crippen molar-refractivity contribution in [2.45, 2.75) is 19.8 Å². The van der Waals surface area contributed by atoms with Crippen LogP contribution in [0.3, 0.4) is 0 Å². The molecule has 0 aliphatic carbocycles. The van der Waals surface area contributed by atoms with Gasteiger partial charge < -0.3 is 24.3 Å². The highest BCUT2D eigenvalue weighted by atomic mass is 79.9. The number of hydrogen-bond acceptors (Lipinski definition) is 8. The van der Waals surface area contributed by atoms with Crippen molar-refractivity contribution in [1.29, 1.82) is 0 Å². The molecule has 9 nitrogen and oxygen atoms in total. The number of allylic oxidation sites excluding steroid dienone is 2. The Morgan fingerprint density at radius 2 is 1.40 bits per heavy atom. The van der Waals surface area contributed by atoms with Crippen LogP contribution in [0.15, 0.2) is 87.8 Å². The molecule has 0 saturated carbocycles. The standard InChI is InChI=1S/C30H32BrN3O6/c1-19-25(29(35)39-16-14-37-3)27(26(20(2)32-19)30(36)40-17-15-38-4)24-18-34(23-8-6-5-7-9-23)33-28(24)21-10-12-22(31)13-11-21/h5-13,18,27,32H,14-17H2,1-4H3. The van der Waals surface area contributed by atoms with Crippen molar-refractivity contribution in [3.8, 4) is 16.9 Å². The van der Waals surface area contributed by atoms with E-state index in [0.717, 1.165) is 15.7 Å². The summed E-state index contributed by atoms with van der Waals surface area (Å²) < 4.78 is 23.9. The van der Waals surface area contributed by atoms with E-state index in [4.69, 9.17) is 24.0 Å². The van der Waals surface area contributed by atoms with Crippen molar-refractivity contribution >= 4 is 27.9 Å². The van der Waals surface area contributed by atoms with Crippen LogP contribution >= 0.6 is 15.9 Å². The summed E-state index contributed by atoms with van der Waals surface area (Å²) in [4.78, 5) is 27.1. The van der Waals surface area contributed by atoms with E-state index in [1.165, 1.54) is 14.2 Å². The molecule has 1 aliphatic rings. The van der Waals surface area contributed by atoms with Crippen LogP contribution in [-0.2, 0) is 28.5 Å². The van der Waals surface area contributed by atoms with Crippen molar-refractivity contribution in [2.24, 2.45) is 0 Å². The zero-order valence-electron chi connectivity index (χ0n) is 22.9. The van der Waals surface area contributed by atoms with Gasteiger partial charge in [0.2, 0.25) is 0 Å². The van der Waals surface area contributed by atoms with Crippen LogP contribution in [-0.4, -0.2) is 62.4 Å². The van der Waals surface area contributed by atoms with Gasteiger partial charge in [0.25, 0.3) is 0 Å². The number of rotatable bonds is 11. The molecule has 0 bridgehead atoms. The minimum Gasteiger partial charge on any atom is -0.460 e. The maximum absolute atomic E-state index is 13.6. The minimum absolute atomic E-state index is 0.0675. The third-order valence-electron chi connectivity index (χ3n) is 6.43.